The van der Waals surface area contributed by atoms with Gasteiger partial charge in [0.25, 0.3) is 5.56 Å². The second-order valence-electron chi connectivity index (χ2n) is 6.27. The van der Waals surface area contributed by atoms with Crippen molar-refractivity contribution in [2.45, 2.75) is 13.0 Å². The number of benzene rings is 2. The largest absolute Gasteiger partial charge is 0.384 e. The first-order valence-electron chi connectivity index (χ1n) is 8.65. The van der Waals surface area contributed by atoms with E-state index >= 15 is 0 Å². The predicted octanol–water partition coefficient (Wildman–Crippen LogP) is 3.58. The van der Waals surface area contributed by atoms with E-state index in [1.807, 2.05) is 37.3 Å². The molecule has 140 valence electrons. The van der Waals surface area contributed by atoms with Gasteiger partial charge in [-0.05, 0) is 31.2 Å². The van der Waals surface area contributed by atoms with Gasteiger partial charge < -0.3 is 11.1 Å². The van der Waals surface area contributed by atoms with Crippen molar-refractivity contribution in [3.63, 3.8) is 0 Å². The van der Waals surface area contributed by atoms with Crippen molar-refractivity contribution in [1.82, 2.24) is 19.5 Å². The van der Waals surface area contributed by atoms with Crippen molar-refractivity contribution in [3.8, 4) is 5.69 Å². The molecule has 0 radical (unpaired) electrons. The summed E-state index contributed by atoms with van der Waals surface area (Å²) in [5.41, 5.74) is 6.74. The Kier molecular flexibility index (Phi) is 4.67. The average molecular weight is 393 g/mol. The van der Waals surface area contributed by atoms with Crippen LogP contribution in [0, 0.1) is 0 Å². The van der Waals surface area contributed by atoms with Gasteiger partial charge in [-0.25, -0.2) is 15.0 Å². The van der Waals surface area contributed by atoms with E-state index < -0.39 is 0 Å². The van der Waals surface area contributed by atoms with Crippen LogP contribution in [0.4, 0.5) is 11.6 Å². The maximum absolute atomic E-state index is 13.3. The van der Waals surface area contributed by atoms with Crippen molar-refractivity contribution in [2.75, 3.05) is 11.1 Å². The minimum absolute atomic E-state index is 0.229. The second kappa shape index (κ2) is 7.28. The number of hydrogen-bond donors (Lipinski definition) is 2. The van der Waals surface area contributed by atoms with Crippen LogP contribution in [0.15, 0.2) is 65.7 Å². The minimum Gasteiger partial charge on any atom is -0.384 e. The lowest BCUT2D eigenvalue weighted by atomic mass is 10.2. The van der Waals surface area contributed by atoms with E-state index in [2.05, 4.69) is 15.3 Å². The van der Waals surface area contributed by atoms with E-state index in [-0.39, 0.29) is 11.6 Å². The minimum atomic E-state index is -0.342. The Morgan fingerprint density at radius 1 is 1.11 bits per heavy atom. The number of nitrogens with one attached hydrogen (secondary N) is 1. The molecule has 2 aromatic heterocycles. The van der Waals surface area contributed by atoms with Gasteiger partial charge in [0, 0.05) is 6.07 Å². The molecule has 4 aromatic rings. The van der Waals surface area contributed by atoms with Gasteiger partial charge in [-0.2, -0.15) is 0 Å². The smallest absolute Gasteiger partial charge is 0.267 e. The quantitative estimate of drug-likeness (QED) is 0.550. The predicted molar refractivity (Wildman–Crippen MR) is 111 cm³/mol. The summed E-state index contributed by atoms with van der Waals surface area (Å²) in [6.07, 6.45) is 1.38. The molecule has 0 aliphatic rings. The SMILES string of the molecule is CC(Nc1cc(N)ncn1)c1nc2cccc(Cl)c2c(=O)n1-c1ccccc1. The molecule has 0 aliphatic carbocycles. The molecule has 0 bridgehead atoms. The van der Waals surface area contributed by atoms with Gasteiger partial charge in [0.1, 0.15) is 23.8 Å². The lowest BCUT2D eigenvalue weighted by Crippen LogP contribution is -2.27. The van der Waals surface area contributed by atoms with Gasteiger partial charge in [0.15, 0.2) is 0 Å². The van der Waals surface area contributed by atoms with Crippen LogP contribution in [0.5, 0.6) is 0 Å². The fraction of sp³-hybridized carbons (Fsp3) is 0.100. The summed E-state index contributed by atoms with van der Waals surface area (Å²) in [5.74, 6) is 1.42. The van der Waals surface area contributed by atoms with Crippen LogP contribution in [0.25, 0.3) is 16.6 Å². The first-order chi connectivity index (χ1) is 13.5. The van der Waals surface area contributed by atoms with Crippen molar-refractivity contribution >= 4 is 34.1 Å². The van der Waals surface area contributed by atoms with Gasteiger partial charge in [-0.15, -0.1) is 0 Å². The van der Waals surface area contributed by atoms with Crippen molar-refractivity contribution in [3.05, 3.63) is 82.1 Å². The number of halogens is 1. The number of rotatable bonds is 4. The maximum Gasteiger partial charge on any atom is 0.267 e. The van der Waals surface area contributed by atoms with E-state index in [9.17, 15) is 4.79 Å². The van der Waals surface area contributed by atoms with Gasteiger partial charge in [-0.3, -0.25) is 9.36 Å². The highest BCUT2D eigenvalue weighted by atomic mass is 35.5. The summed E-state index contributed by atoms with van der Waals surface area (Å²) in [5, 5.41) is 3.98. The Hall–Kier alpha value is -3.45. The summed E-state index contributed by atoms with van der Waals surface area (Å²) in [4.78, 5) is 26.1. The zero-order valence-electron chi connectivity index (χ0n) is 15.0. The summed E-state index contributed by atoms with van der Waals surface area (Å²) in [6.45, 7) is 1.90. The van der Waals surface area contributed by atoms with E-state index in [1.54, 1.807) is 28.8 Å². The highest BCUT2D eigenvalue weighted by molar-refractivity contribution is 6.35. The number of anilines is 2. The molecule has 0 spiro atoms. The van der Waals surface area contributed by atoms with Crippen LogP contribution in [-0.4, -0.2) is 19.5 Å². The zero-order valence-corrected chi connectivity index (χ0v) is 15.8. The van der Waals surface area contributed by atoms with Crippen LogP contribution in [-0.2, 0) is 0 Å². The molecule has 0 saturated carbocycles. The lowest BCUT2D eigenvalue weighted by Gasteiger charge is -2.20. The first kappa shape index (κ1) is 17.9. The molecule has 0 aliphatic heterocycles. The molecule has 0 fully saturated rings. The molecule has 7 nitrogen and oxygen atoms in total. The standard InChI is InChI=1S/C20H17ClN6O/c1-12(25-17-10-16(22)23-11-24-17)19-26-15-9-5-8-14(21)18(15)20(28)27(19)13-6-3-2-4-7-13/h2-12H,1H3,(H3,22,23,24,25). The van der Waals surface area contributed by atoms with E-state index in [0.29, 0.717) is 39.1 Å². The normalized spacial score (nSPS) is 12.1. The third-order valence-corrected chi connectivity index (χ3v) is 4.64. The Labute approximate surface area is 165 Å². The lowest BCUT2D eigenvalue weighted by molar-refractivity contribution is 0.731. The second-order valence-corrected chi connectivity index (χ2v) is 6.68. The monoisotopic (exact) mass is 392 g/mol. The molecular weight excluding hydrogens is 376 g/mol. The third kappa shape index (κ3) is 3.27. The molecule has 3 N–H and O–H groups in total. The van der Waals surface area contributed by atoms with Crippen LogP contribution in [0.3, 0.4) is 0 Å². The molecule has 28 heavy (non-hydrogen) atoms. The number of hydrogen-bond acceptors (Lipinski definition) is 6. The molecule has 1 atom stereocenters. The Morgan fingerprint density at radius 3 is 2.64 bits per heavy atom. The number of nitrogen functional groups attached to an aromatic ring is 1. The summed E-state index contributed by atoms with van der Waals surface area (Å²) < 4.78 is 1.57. The molecule has 1 unspecified atom stereocenters. The van der Waals surface area contributed by atoms with Crippen molar-refractivity contribution in [1.29, 1.82) is 0 Å². The van der Waals surface area contributed by atoms with Gasteiger partial charge >= 0.3 is 0 Å². The molecule has 0 amide bonds. The zero-order chi connectivity index (χ0) is 19.7. The summed E-state index contributed by atoms with van der Waals surface area (Å²) in [6, 6.07) is 15.8. The third-order valence-electron chi connectivity index (χ3n) is 4.33. The highest BCUT2D eigenvalue weighted by Gasteiger charge is 2.19. The molecule has 2 heterocycles. The summed E-state index contributed by atoms with van der Waals surface area (Å²) >= 11 is 6.30. The van der Waals surface area contributed by atoms with E-state index in [4.69, 9.17) is 22.3 Å². The number of para-hydroxylation sites is 1. The first-order valence-corrected chi connectivity index (χ1v) is 9.03. The van der Waals surface area contributed by atoms with Crippen LogP contribution < -0.4 is 16.6 Å². The topological polar surface area (TPSA) is 98.7 Å². The van der Waals surface area contributed by atoms with Crippen LogP contribution >= 0.6 is 11.6 Å². The van der Waals surface area contributed by atoms with Crippen molar-refractivity contribution in [2.24, 2.45) is 0 Å². The van der Waals surface area contributed by atoms with E-state index in [0.717, 1.165) is 0 Å². The maximum atomic E-state index is 13.3. The Balaban J connectivity index is 1.92. The van der Waals surface area contributed by atoms with Crippen molar-refractivity contribution < 1.29 is 0 Å². The van der Waals surface area contributed by atoms with Gasteiger partial charge in [0.05, 0.1) is 27.7 Å². The van der Waals surface area contributed by atoms with Gasteiger partial charge in [-0.1, -0.05) is 35.9 Å². The summed E-state index contributed by atoms with van der Waals surface area (Å²) in [7, 11) is 0. The Bertz CT molecular complexity index is 1210. The molecule has 4 rings (SSSR count). The number of nitrogens with zero attached hydrogens (tertiary/aromatic N) is 4. The molecular formula is C20H17ClN6O. The fourth-order valence-corrected chi connectivity index (χ4v) is 3.31. The molecule has 2 aromatic carbocycles. The highest BCUT2D eigenvalue weighted by Crippen LogP contribution is 2.24. The van der Waals surface area contributed by atoms with E-state index in [1.165, 1.54) is 6.33 Å². The van der Waals surface area contributed by atoms with Crippen LogP contribution in [0.1, 0.15) is 18.8 Å². The fourth-order valence-electron chi connectivity index (χ4n) is 3.06. The average Bonchev–Trinajstić information content (AvgIpc) is 2.68. The number of nitrogens with two attached hydrogens (primary N) is 1. The molecule has 8 heteroatoms. The number of aromatic nitrogens is 4. The molecule has 0 saturated heterocycles. The van der Waals surface area contributed by atoms with Crippen LogP contribution in [0.2, 0.25) is 5.02 Å². The Morgan fingerprint density at radius 2 is 1.89 bits per heavy atom. The van der Waals surface area contributed by atoms with Gasteiger partial charge in [0.2, 0.25) is 0 Å². The number of fused-ring (bicyclic) bond motifs is 1.